The lowest BCUT2D eigenvalue weighted by Crippen LogP contribution is -2.05. The van der Waals surface area contributed by atoms with Crippen molar-refractivity contribution in [3.05, 3.63) is 12.2 Å². The molecule has 0 aromatic carbocycles. The van der Waals surface area contributed by atoms with Gasteiger partial charge in [0, 0.05) is 6.42 Å². The van der Waals surface area contributed by atoms with Crippen LogP contribution in [0.15, 0.2) is 12.2 Å². The zero-order valence-electron chi connectivity index (χ0n) is 8.84. The zero-order valence-corrected chi connectivity index (χ0v) is 8.84. The number of carbonyl (C=O) groups is 1. The van der Waals surface area contributed by atoms with Gasteiger partial charge in [-0.3, -0.25) is 4.79 Å². The molecule has 1 aliphatic heterocycles. The molecule has 14 heavy (non-hydrogen) atoms. The van der Waals surface area contributed by atoms with E-state index in [1.54, 1.807) is 0 Å². The Bertz CT molecular complexity index is 185. The molecule has 0 radical (unpaired) electrons. The minimum Gasteiger partial charge on any atom is -0.466 e. The number of allylic oxidation sites excluding steroid dienone is 2. The maximum atomic E-state index is 11.1. The fourth-order valence-electron chi connectivity index (χ4n) is 1.57. The molecule has 0 spiro atoms. The van der Waals surface area contributed by atoms with Crippen LogP contribution in [0.4, 0.5) is 0 Å². The minimum absolute atomic E-state index is 0.0202. The van der Waals surface area contributed by atoms with Gasteiger partial charge in [-0.1, -0.05) is 12.2 Å². The Hall–Kier alpha value is -0.790. The standard InChI is InChI=1S/C12H20O2/c13-12-10-8-6-4-2-1-3-5-7-9-11-14-12/h1-2H,3-11H2. The van der Waals surface area contributed by atoms with E-state index in [0.29, 0.717) is 13.0 Å². The summed E-state index contributed by atoms with van der Waals surface area (Å²) in [5, 5.41) is 0. The van der Waals surface area contributed by atoms with Crippen LogP contribution in [-0.4, -0.2) is 12.6 Å². The number of esters is 1. The van der Waals surface area contributed by atoms with Crippen LogP contribution < -0.4 is 0 Å². The fourth-order valence-corrected chi connectivity index (χ4v) is 1.57. The van der Waals surface area contributed by atoms with Gasteiger partial charge in [-0.05, 0) is 44.9 Å². The third-order valence-electron chi connectivity index (χ3n) is 2.45. The highest BCUT2D eigenvalue weighted by molar-refractivity contribution is 5.69. The SMILES string of the molecule is O=C1CCCCC=CCCCCCO1. The van der Waals surface area contributed by atoms with Gasteiger partial charge in [0.15, 0.2) is 0 Å². The number of hydrogen-bond acceptors (Lipinski definition) is 2. The van der Waals surface area contributed by atoms with Crippen LogP contribution in [0.3, 0.4) is 0 Å². The zero-order chi connectivity index (χ0) is 10.1. The first-order chi connectivity index (χ1) is 6.89. The molecule has 1 rings (SSSR count). The topological polar surface area (TPSA) is 26.3 Å². The Kier molecular flexibility index (Phi) is 6.13. The molecule has 0 bridgehead atoms. The third-order valence-corrected chi connectivity index (χ3v) is 2.45. The molecular weight excluding hydrogens is 176 g/mol. The molecule has 0 aromatic heterocycles. The van der Waals surface area contributed by atoms with E-state index >= 15 is 0 Å². The number of cyclic esters (lactones) is 1. The van der Waals surface area contributed by atoms with E-state index < -0.39 is 0 Å². The number of carbonyl (C=O) groups excluding carboxylic acids is 1. The summed E-state index contributed by atoms with van der Waals surface area (Å²) in [5.41, 5.74) is 0. The Balaban J connectivity index is 2.22. The van der Waals surface area contributed by atoms with Crippen molar-refractivity contribution in [1.82, 2.24) is 0 Å². The molecule has 0 amide bonds. The average molecular weight is 196 g/mol. The molecule has 1 aliphatic rings. The van der Waals surface area contributed by atoms with E-state index in [0.717, 1.165) is 32.1 Å². The molecular formula is C12H20O2. The summed E-state index contributed by atoms with van der Waals surface area (Å²) in [5.74, 6) is -0.0202. The van der Waals surface area contributed by atoms with Crippen molar-refractivity contribution >= 4 is 5.97 Å². The lowest BCUT2D eigenvalue weighted by atomic mass is 10.1. The third kappa shape index (κ3) is 5.79. The van der Waals surface area contributed by atoms with Crippen LogP contribution in [-0.2, 0) is 9.53 Å². The molecule has 0 aromatic rings. The number of hydrogen-bond donors (Lipinski definition) is 0. The van der Waals surface area contributed by atoms with Gasteiger partial charge in [0.1, 0.15) is 0 Å². The predicted octanol–water partition coefficient (Wildman–Crippen LogP) is 3.22. The van der Waals surface area contributed by atoms with Crippen LogP contribution in [0, 0.1) is 0 Å². The first kappa shape index (κ1) is 11.3. The largest absolute Gasteiger partial charge is 0.466 e. The van der Waals surface area contributed by atoms with Gasteiger partial charge < -0.3 is 4.74 Å². The van der Waals surface area contributed by atoms with Gasteiger partial charge in [-0.25, -0.2) is 0 Å². The lowest BCUT2D eigenvalue weighted by molar-refractivity contribution is -0.143. The van der Waals surface area contributed by atoms with Gasteiger partial charge in [0.2, 0.25) is 0 Å². The minimum atomic E-state index is -0.0202. The van der Waals surface area contributed by atoms with E-state index in [1.165, 1.54) is 12.8 Å². The molecule has 2 nitrogen and oxygen atoms in total. The Morgan fingerprint density at radius 1 is 0.929 bits per heavy atom. The summed E-state index contributed by atoms with van der Waals surface area (Å²) in [7, 11) is 0. The van der Waals surface area contributed by atoms with Gasteiger partial charge in [-0.2, -0.15) is 0 Å². The molecule has 0 N–H and O–H groups in total. The van der Waals surface area contributed by atoms with Crippen LogP contribution in [0.25, 0.3) is 0 Å². The maximum Gasteiger partial charge on any atom is 0.305 e. The molecule has 80 valence electrons. The summed E-state index contributed by atoms with van der Waals surface area (Å²) >= 11 is 0. The van der Waals surface area contributed by atoms with E-state index in [9.17, 15) is 4.79 Å². The highest BCUT2D eigenvalue weighted by Gasteiger charge is 2.01. The van der Waals surface area contributed by atoms with Crippen LogP contribution in [0.2, 0.25) is 0 Å². The van der Waals surface area contributed by atoms with E-state index in [1.807, 2.05) is 0 Å². The van der Waals surface area contributed by atoms with Gasteiger partial charge in [0.25, 0.3) is 0 Å². The molecule has 0 unspecified atom stereocenters. The predicted molar refractivity (Wildman–Crippen MR) is 57.0 cm³/mol. The molecule has 0 aliphatic carbocycles. The van der Waals surface area contributed by atoms with E-state index in [-0.39, 0.29) is 5.97 Å². The van der Waals surface area contributed by atoms with Crippen molar-refractivity contribution in [2.24, 2.45) is 0 Å². The average Bonchev–Trinajstić information content (AvgIpc) is 2.20. The van der Waals surface area contributed by atoms with Crippen molar-refractivity contribution in [3.8, 4) is 0 Å². The van der Waals surface area contributed by atoms with Gasteiger partial charge in [-0.15, -0.1) is 0 Å². The summed E-state index contributed by atoms with van der Waals surface area (Å²) in [6.07, 6.45) is 12.8. The highest BCUT2D eigenvalue weighted by Crippen LogP contribution is 2.07. The monoisotopic (exact) mass is 196 g/mol. The highest BCUT2D eigenvalue weighted by atomic mass is 16.5. The molecule has 0 saturated carbocycles. The Labute approximate surface area is 86.3 Å². The van der Waals surface area contributed by atoms with Crippen LogP contribution in [0.1, 0.15) is 51.4 Å². The summed E-state index contributed by atoms with van der Waals surface area (Å²) in [6.45, 7) is 0.614. The second-order valence-corrected chi connectivity index (χ2v) is 3.79. The molecule has 1 heterocycles. The second kappa shape index (κ2) is 7.60. The molecule has 0 saturated heterocycles. The van der Waals surface area contributed by atoms with Crippen molar-refractivity contribution in [2.45, 2.75) is 51.4 Å². The molecule has 0 fully saturated rings. The maximum absolute atomic E-state index is 11.1. The van der Waals surface area contributed by atoms with Crippen LogP contribution >= 0.6 is 0 Å². The summed E-state index contributed by atoms with van der Waals surface area (Å²) in [6, 6.07) is 0. The van der Waals surface area contributed by atoms with Gasteiger partial charge >= 0.3 is 5.97 Å². The number of ether oxygens (including phenoxy) is 1. The van der Waals surface area contributed by atoms with E-state index in [2.05, 4.69) is 12.2 Å². The Morgan fingerprint density at radius 3 is 2.43 bits per heavy atom. The summed E-state index contributed by atoms with van der Waals surface area (Å²) < 4.78 is 5.10. The second-order valence-electron chi connectivity index (χ2n) is 3.79. The quantitative estimate of drug-likeness (QED) is 0.439. The fraction of sp³-hybridized carbons (Fsp3) is 0.750. The van der Waals surface area contributed by atoms with Crippen molar-refractivity contribution in [1.29, 1.82) is 0 Å². The smallest absolute Gasteiger partial charge is 0.305 e. The number of rotatable bonds is 0. The van der Waals surface area contributed by atoms with Crippen molar-refractivity contribution in [3.63, 3.8) is 0 Å². The van der Waals surface area contributed by atoms with E-state index in [4.69, 9.17) is 4.74 Å². The van der Waals surface area contributed by atoms with Crippen molar-refractivity contribution in [2.75, 3.05) is 6.61 Å². The lowest BCUT2D eigenvalue weighted by Gasteiger charge is -2.03. The normalized spacial score (nSPS) is 21.6. The first-order valence-corrected chi connectivity index (χ1v) is 5.70. The van der Waals surface area contributed by atoms with Crippen molar-refractivity contribution < 1.29 is 9.53 Å². The first-order valence-electron chi connectivity index (χ1n) is 5.70. The molecule has 2 heteroatoms. The Morgan fingerprint density at radius 2 is 1.64 bits per heavy atom. The van der Waals surface area contributed by atoms with Gasteiger partial charge in [0.05, 0.1) is 6.61 Å². The van der Waals surface area contributed by atoms with Crippen LogP contribution in [0.5, 0.6) is 0 Å². The summed E-state index contributed by atoms with van der Waals surface area (Å²) in [4.78, 5) is 11.1. The molecule has 0 atom stereocenters.